The second-order valence-corrected chi connectivity index (χ2v) is 4.88. The summed E-state index contributed by atoms with van der Waals surface area (Å²) in [6.07, 6.45) is 0.397. The van der Waals surface area contributed by atoms with Crippen LogP contribution < -0.4 is 0 Å². The molecule has 1 unspecified atom stereocenters. The van der Waals surface area contributed by atoms with Crippen molar-refractivity contribution in [3.05, 3.63) is 48.0 Å². The molecule has 104 valence electrons. The third-order valence-electron chi connectivity index (χ3n) is 3.15. The highest BCUT2D eigenvalue weighted by Gasteiger charge is 2.12. The van der Waals surface area contributed by atoms with E-state index in [-0.39, 0.29) is 5.91 Å². The number of rotatable bonds is 4. The van der Waals surface area contributed by atoms with E-state index in [9.17, 15) is 9.90 Å². The fraction of sp³-hybridized carbons (Fsp3) is 0.294. The SMILES string of the molecule is CCCC(=O)N=C(c1ccc2ccccc2c1)C(C)O. The number of fused-ring (bicyclic) bond motifs is 1. The van der Waals surface area contributed by atoms with Crippen molar-refractivity contribution < 1.29 is 9.90 Å². The lowest BCUT2D eigenvalue weighted by Crippen LogP contribution is -2.19. The van der Waals surface area contributed by atoms with E-state index in [1.165, 1.54) is 0 Å². The van der Waals surface area contributed by atoms with Crippen LogP contribution in [0.25, 0.3) is 10.8 Å². The van der Waals surface area contributed by atoms with E-state index in [0.717, 1.165) is 22.8 Å². The second kappa shape index (κ2) is 6.44. The van der Waals surface area contributed by atoms with Gasteiger partial charge in [0, 0.05) is 6.42 Å². The number of hydrogen-bond acceptors (Lipinski definition) is 2. The molecule has 1 N–H and O–H groups in total. The molecular formula is C17H19NO2. The Morgan fingerprint density at radius 1 is 1.20 bits per heavy atom. The summed E-state index contributed by atoms with van der Waals surface area (Å²) in [4.78, 5) is 15.8. The molecule has 0 aromatic heterocycles. The molecule has 0 saturated carbocycles. The number of carbonyl (C=O) groups is 1. The Balaban J connectivity index is 2.44. The predicted molar refractivity (Wildman–Crippen MR) is 82.1 cm³/mol. The Labute approximate surface area is 119 Å². The second-order valence-electron chi connectivity index (χ2n) is 4.88. The Morgan fingerprint density at radius 2 is 1.90 bits per heavy atom. The molecule has 2 rings (SSSR count). The van der Waals surface area contributed by atoms with Crippen LogP contribution in [0.2, 0.25) is 0 Å². The Bertz CT molecular complexity index is 644. The molecule has 2 aromatic carbocycles. The van der Waals surface area contributed by atoms with E-state index in [2.05, 4.69) is 4.99 Å². The number of carbonyl (C=O) groups excluding carboxylic acids is 1. The quantitative estimate of drug-likeness (QED) is 0.865. The van der Waals surface area contributed by atoms with Crippen LogP contribution in [-0.4, -0.2) is 22.8 Å². The molecule has 3 nitrogen and oxygen atoms in total. The first kappa shape index (κ1) is 14.4. The molecule has 0 heterocycles. The number of aliphatic hydroxyl groups excluding tert-OH is 1. The van der Waals surface area contributed by atoms with Crippen molar-refractivity contribution in [3.8, 4) is 0 Å². The first-order valence-electron chi connectivity index (χ1n) is 6.90. The Kier molecular flexibility index (Phi) is 4.64. The van der Waals surface area contributed by atoms with Gasteiger partial charge in [0.1, 0.15) is 0 Å². The van der Waals surface area contributed by atoms with E-state index in [1.54, 1.807) is 6.92 Å². The van der Waals surface area contributed by atoms with Crippen molar-refractivity contribution >= 4 is 22.4 Å². The van der Waals surface area contributed by atoms with E-state index in [1.807, 2.05) is 49.4 Å². The summed E-state index contributed by atoms with van der Waals surface area (Å²) in [6, 6.07) is 13.8. The van der Waals surface area contributed by atoms with E-state index < -0.39 is 6.10 Å². The van der Waals surface area contributed by atoms with Crippen molar-refractivity contribution in [2.45, 2.75) is 32.8 Å². The summed E-state index contributed by atoms with van der Waals surface area (Å²) in [5.41, 5.74) is 1.23. The highest BCUT2D eigenvalue weighted by molar-refractivity contribution is 6.10. The number of nitrogens with zero attached hydrogens (tertiary/aromatic N) is 1. The molecule has 0 aliphatic heterocycles. The molecule has 20 heavy (non-hydrogen) atoms. The van der Waals surface area contributed by atoms with Crippen molar-refractivity contribution in [2.75, 3.05) is 0 Å². The Hall–Kier alpha value is -2.00. The average Bonchev–Trinajstić information content (AvgIpc) is 2.44. The van der Waals surface area contributed by atoms with Gasteiger partial charge in [0.2, 0.25) is 5.91 Å². The van der Waals surface area contributed by atoms with Gasteiger partial charge < -0.3 is 5.11 Å². The van der Waals surface area contributed by atoms with Gasteiger partial charge in [0.25, 0.3) is 0 Å². The molecule has 0 bridgehead atoms. The van der Waals surface area contributed by atoms with E-state index >= 15 is 0 Å². The minimum absolute atomic E-state index is 0.184. The Morgan fingerprint density at radius 3 is 2.55 bits per heavy atom. The molecule has 0 fully saturated rings. The van der Waals surface area contributed by atoms with Crippen LogP contribution in [0.5, 0.6) is 0 Å². The lowest BCUT2D eigenvalue weighted by molar-refractivity contribution is -0.117. The molecule has 1 atom stereocenters. The lowest BCUT2D eigenvalue weighted by atomic mass is 10.0. The maximum absolute atomic E-state index is 11.7. The van der Waals surface area contributed by atoms with Gasteiger partial charge in [-0.05, 0) is 35.7 Å². The van der Waals surface area contributed by atoms with Gasteiger partial charge in [-0.1, -0.05) is 43.3 Å². The normalized spacial score (nSPS) is 13.4. The molecule has 0 spiro atoms. The van der Waals surface area contributed by atoms with Gasteiger partial charge in [-0.2, -0.15) is 0 Å². The average molecular weight is 269 g/mol. The highest BCUT2D eigenvalue weighted by atomic mass is 16.3. The number of hydrogen-bond donors (Lipinski definition) is 1. The maximum Gasteiger partial charge on any atom is 0.246 e. The highest BCUT2D eigenvalue weighted by Crippen LogP contribution is 2.17. The van der Waals surface area contributed by atoms with Gasteiger partial charge >= 0.3 is 0 Å². The van der Waals surface area contributed by atoms with Gasteiger partial charge in [-0.15, -0.1) is 0 Å². The van der Waals surface area contributed by atoms with Crippen LogP contribution in [0.3, 0.4) is 0 Å². The monoisotopic (exact) mass is 269 g/mol. The summed E-state index contributed by atoms with van der Waals surface area (Å²) in [5, 5.41) is 12.1. The van der Waals surface area contributed by atoms with Gasteiger partial charge in [-0.25, -0.2) is 4.99 Å². The molecule has 0 aliphatic carbocycles. The minimum Gasteiger partial charge on any atom is -0.387 e. The zero-order chi connectivity index (χ0) is 14.5. The number of benzene rings is 2. The third-order valence-corrected chi connectivity index (χ3v) is 3.15. The molecule has 1 amide bonds. The fourth-order valence-electron chi connectivity index (χ4n) is 2.15. The molecule has 0 aliphatic rings. The van der Waals surface area contributed by atoms with Crippen LogP contribution in [0.4, 0.5) is 0 Å². The van der Waals surface area contributed by atoms with Crippen molar-refractivity contribution in [2.24, 2.45) is 4.99 Å². The number of amides is 1. The van der Waals surface area contributed by atoms with Crippen LogP contribution in [-0.2, 0) is 4.79 Å². The minimum atomic E-state index is -0.767. The molecular weight excluding hydrogens is 250 g/mol. The summed E-state index contributed by atoms with van der Waals surface area (Å²) in [6.45, 7) is 3.57. The lowest BCUT2D eigenvalue weighted by Gasteiger charge is -2.10. The number of aliphatic imine (C=N–C) groups is 1. The van der Waals surface area contributed by atoms with Crippen LogP contribution in [0.15, 0.2) is 47.5 Å². The van der Waals surface area contributed by atoms with Crippen molar-refractivity contribution in [1.29, 1.82) is 0 Å². The fourth-order valence-corrected chi connectivity index (χ4v) is 2.15. The van der Waals surface area contributed by atoms with Gasteiger partial charge in [0.15, 0.2) is 0 Å². The summed E-state index contributed by atoms with van der Waals surface area (Å²) in [5.74, 6) is -0.184. The predicted octanol–water partition coefficient (Wildman–Crippen LogP) is 3.34. The molecule has 3 heteroatoms. The number of aliphatic hydroxyl groups is 1. The first-order valence-corrected chi connectivity index (χ1v) is 6.90. The largest absolute Gasteiger partial charge is 0.387 e. The zero-order valence-electron chi connectivity index (χ0n) is 11.8. The summed E-state index contributed by atoms with van der Waals surface area (Å²) in [7, 11) is 0. The van der Waals surface area contributed by atoms with Gasteiger partial charge in [-0.3, -0.25) is 4.79 Å². The topological polar surface area (TPSA) is 49.7 Å². The van der Waals surface area contributed by atoms with Crippen LogP contribution in [0.1, 0.15) is 32.3 Å². The van der Waals surface area contributed by atoms with Crippen LogP contribution in [0, 0.1) is 0 Å². The van der Waals surface area contributed by atoms with E-state index in [0.29, 0.717) is 12.1 Å². The van der Waals surface area contributed by atoms with Crippen molar-refractivity contribution in [3.63, 3.8) is 0 Å². The summed E-state index contributed by atoms with van der Waals surface area (Å²) < 4.78 is 0. The molecule has 2 aromatic rings. The van der Waals surface area contributed by atoms with Gasteiger partial charge in [0.05, 0.1) is 11.8 Å². The maximum atomic E-state index is 11.7. The third kappa shape index (κ3) is 3.31. The van der Waals surface area contributed by atoms with Crippen molar-refractivity contribution in [1.82, 2.24) is 0 Å². The van der Waals surface area contributed by atoms with E-state index in [4.69, 9.17) is 0 Å². The van der Waals surface area contributed by atoms with Crippen LogP contribution >= 0.6 is 0 Å². The molecule has 0 radical (unpaired) electrons. The standard InChI is InChI=1S/C17H19NO2/c1-3-6-16(20)18-17(12(2)19)15-10-9-13-7-4-5-8-14(13)11-15/h4-5,7-12,19H,3,6H2,1-2H3. The molecule has 0 saturated heterocycles. The smallest absolute Gasteiger partial charge is 0.246 e. The first-order chi connectivity index (χ1) is 9.61. The summed E-state index contributed by atoms with van der Waals surface area (Å²) >= 11 is 0. The zero-order valence-corrected chi connectivity index (χ0v) is 11.8.